The van der Waals surface area contributed by atoms with Gasteiger partial charge in [0, 0.05) is 24.2 Å². The number of rotatable bonds is 12. The zero-order chi connectivity index (χ0) is 24.1. The second-order valence-corrected chi connectivity index (χ2v) is 7.77. The summed E-state index contributed by atoms with van der Waals surface area (Å²) in [5.41, 5.74) is 1.02. The Labute approximate surface area is 194 Å². The molecule has 2 aromatic carbocycles. The summed E-state index contributed by atoms with van der Waals surface area (Å²) in [6, 6.07) is 16.2. The second kappa shape index (κ2) is 13.7. The third-order valence-electron chi connectivity index (χ3n) is 5.01. The van der Waals surface area contributed by atoms with E-state index in [2.05, 4.69) is 21.3 Å². The van der Waals surface area contributed by atoms with E-state index in [0.29, 0.717) is 24.2 Å². The number of carbonyl (C=O) groups is 4. The monoisotopic (exact) mass is 452 g/mol. The average Bonchev–Trinajstić information content (AvgIpc) is 2.84. The fraction of sp³-hybridized carbons (Fsp3) is 0.360. The summed E-state index contributed by atoms with van der Waals surface area (Å²) >= 11 is 0. The van der Waals surface area contributed by atoms with Crippen LogP contribution in [0.1, 0.15) is 53.8 Å². The van der Waals surface area contributed by atoms with Gasteiger partial charge in [0.15, 0.2) is 0 Å². The molecule has 0 fully saturated rings. The lowest BCUT2D eigenvalue weighted by Gasteiger charge is -2.15. The van der Waals surface area contributed by atoms with Crippen molar-refractivity contribution in [2.45, 2.75) is 45.2 Å². The van der Waals surface area contributed by atoms with Crippen LogP contribution in [0, 0.1) is 0 Å². The SMILES string of the molecule is C[C@H](NC(=O)c1ccccc1)C(=O)NCCCCCNC(=O)[C@H](C)NC(=O)c1ccccc1. The van der Waals surface area contributed by atoms with Gasteiger partial charge in [-0.05, 0) is 57.4 Å². The van der Waals surface area contributed by atoms with E-state index < -0.39 is 12.1 Å². The molecule has 0 aliphatic carbocycles. The molecule has 8 heteroatoms. The minimum Gasteiger partial charge on any atom is -0.354 e. The molecule has 0 aromatic heterocycles. The topological polar surface area (TPSA) is 116 Å². The van der Waals surface area contributed by atoms with Gasteiger partial charge in [-0.2, -0.15) is 0 Å². The molecule has 8 nitrogen and oxygen atoms in total. The van der Waals surface area contributed by atoms with E-state index in [9.17, 15) is 19.2 Å². The summed E-state index contributed by atoms with van der Waals surface area (Å²) in [7, 11) is 0. The Hall–Kier alpha value is -3.68. The molecule has 4 N–H and O–H groups in total. The van der Waals surface area contributed by atoms with Crippen LogP contribution in [0.15, 0.2) is 60.7 Å². The van der Waals surface area contributed by atoms with Crippen LogP contribution >= 0.6 is 0 Å². The Bertz CT molecular complexity index is 843. The fourth-order valence-corrected chi connectivity index (χ4v) is 3.03. The lowest BCUT2D eigenvalue weighted by atomic mass is 10.2. The van der Waals surface area contributed by atoms with Gasteiger partial charge in [-0.1, -0.05) is 36.4 Å². The maximum absolute atomic E-state index is 12.1. The molecule has 33 heavy (non-hydrogen) atoms. The molecular weight excluding hydrogens is 420 g/mol. The molecule has 2 atom stereocenters. The molecule has 0 bridgehead atoms. The highest BCUT2D eigenvalue weighted by atomic mass is 16.2. The molecule has 176 valence electrons. The van der Waals surface area contributed by atoms with Crippen molar-refractivity contribution in [1.82, 2.24) is 21.3 Å². The van der Waals surface area contributed by atoms with Crippen molar-refractivity contribution >= 4 is 23.6 Å². The highest BCUT2D eigenvalue weighted by molar-refractivity contribution is 5.98. The second-order valence-electron chi connectivity index (χ2n) is 7.77. The summed E-state index contributed by atoms with van der Waals surface area (Å²) < 4.78 is 0. The third-order valence-corrected chi connectivity index (χ3v) is 5.01. The van der Waals surface area contributed by atoms with Crippen LogP contribution in [-0.2, 0) is 9.59 Å². The summed E-state index contributed by atoms with van der Waals surface area (Å²) in [6.45, 7) is 4.26. The van der Waals surface area contributed by atoms with Crippen molar-refractivity contribution in [3.05, 3.63) is 71.8 Å². The molecule has 0 saturated heterocycles. The number of carbonyl (C=O) groups excluding carboxylic acids is 4. The Morgan fingerprint density at radius 2 is 0.970 bits per heavy atom. The molecule has 0 spiro atoms. The summed E-state index contributed by atoms with van der Waals surface area (Å²) in [6.07, 6.45) is 2.32. The van der Waals surface area contributed by atoms with Crippen LogP contribution in [-0.4, -0.2) is 48.8 Å². The number of unbranched alkanes of at least 4 members (excludes halogenated alkanes) is 2. The molecule has 4 amide bonds. The molecule has 0 aliphatic rings. The molecule has 0 unspecified atom stereocenters. The number of nitrogens with one attached hydrogen (secondary N) is 4. The number of amides is 4. The number of benzene rings is 2. The smallest absolute Gasteiger partial charge is 0.251 e. The largest absolute Gasteiger partial charge is 0.354 e. The molecule has 0 heterocycles. The first-order valence-corrected chi connectivity index (χ1v) is 11.2. The zero-order valence-corrected chi connectivity index (χ0v) is 19.1. The molecule has 0 radical (unpaired) electrons. The van der Waals surface area contributed by atoms with Crippen molar-refractivity contribution in [3.8, 4) is 0 Å². The Balaban J connectivity index is 1.54. The molecule has 0 saturated carbocycles. The van der Waals surface area contributed by atoms with Crippen molar-refractivity contribution in [1.29, 1.82) is 0 Å². The predicted octanol–water partition coefficient (Wildman–Crippen LogP) is 2.03. The highest BCUT2D eigenvalue weighted by Gasteiger charge is 2.17. The van der Waals surface area contributed by atoms with Gasteiger partial charge in [-0.15, -0.1) is 0 Å². The first-order chi connectivity index (χ1) is 15.9. The minimum absolute atomic E-state index is 0.240. The van der Waals surface area contributed by atoms with E-state index in [1.807, 2.05) is 12.1 Å². The van der Waals surface area contributed by atoms with Crippen LogP contribution in [0.4, 0.5) is 0 Å². The van der Waals surface area contributed by atoms with E-state index >= 15 is 0 Å². The molecule has 2 aromatic rings. The maximum Gasteiger partial charge on any atom is 0.251 e. The highest BCUT2D eigenvalue weighted by Crippen LogP contribution is 2.00. The van der Waals surface area contributed by atoms with Crippen molar-refractivity contribution in [3.63, 3.8) is 0 Å². The lowest BCUT2D eigenvalue weighted by molar-refractivity contribution is -0.123. The summed E-state index contributed by atoms with van der Waals surface area (Å²) in [5, 5.41) is 11.0. The van der Waals surface area contributed by atoms with Crippen molar-refractivity contribution in [2.75, 3.05) is 13.1 Å². The van der Waals surface area contributed by atoms with Crippen LogP contribution in [0.2, 0.25) is 0 Å². The fourth-order valence-electron chi connectivity index (χ4n) is 3.03. The van der Waals surface area contributed by atoms with Gasteiger partial charge < -0.3 is 21.3 Å². The van der Waals surface area contributed by atoms with Gasteiger partial charge in [-0.3, -0.25) is 19.2 Å². The van der Waals surface area contributed by atoms with Gasteiger partial charge in [-0.25, -0.2) is 0 Å². The van der Waals surface area contributed by atoms with Crippen LogP contribution < -0.4 is 21.3 Å². The lowest BCUT2D eigenvalue weighted by Crippen LogP contribution is -2.45. The molecule has 2 rings (SSSR count). The molecular formula is C25H32N4O4. The van der Waals surface area contributed by atoms with Crippen molar-refractivity contribution in [2.24, 2.45) is 0 Å². The van der Waals surface area contributed by atoms with Gasteiger partial charge >= 0.3 is 0 Å². The van der Waals surface area contributed by atoms with Gasteiger partial charge in [0.2, 0.25) is 11.8 Å². The van der Waals surface area contributed by atoms with Gasteiger partial charge in [0.05, 0.1) is 0 Å². The molecule has 0 aliphatic heterocycles. The summed E-state index contributed by atoms with van der Waals surface area (Å²) in [5.74, 6) is -1.06. The van der Waals surface area contributed by atoms with Crippen LogP contribution in [0.25, 0.3) is 0 Å². The van der Waals surface area contributed by atoms with E-state index in [1.54, 1.807) is 62.4 Å². The maximum atomic E-state index is 12.1. The average molecular weight is 453 g/mol. The van der Waals surface area contributed by atoms with Gasteiger partial charge in [0.25, 0.3) is 11.8 Å². The number of hydrogen-bond acceptors (Lipinski definition) is 4. The predicted molar refractivity (Wildman–Crippen MR) is 127 cm³/mol. The third kappa shape index (κ3) is 9.14. The van der Waals surface area contributed by atoms with E-state index in [1.165, 1.54) is 0 Å². The van der Waals surface area contributed by atoms with E-state index in [-0.39, 0.29) is 23.6 Å². The summed E-state index contributed by atoms with van der Waals surface area (Å²) in [4.78, 5) is 48.5. The normalized spacial score (nSPS) is 12.2. The van der Waals surface area contributed by atoms with Crippen LogP contribution in [0.5, 0.6) is 0 Å². The van der Waals surface area contributed by atoms with Gasteiger partial charge in [0.1, 0.15) is 12.1 Å². The van der Waals surface area contributed by atoms with E-state index in [4.69, 9.17) is 0 Å². The Morgan fingerprint density at radius 3 is 1.33 bits per heavy atom. The zero-order valence-electron chi connectivity index (χ0n) is 19.1. The Morgan fingerprint density at radius 1 is 0.606 bits per heavy atom. The van der Waals surface area contributed by atoms with E-state index in [0.717, 1.165) is 19.3 Å². The van der Waals surface area contributed by atoms with Crippen LogP contribution in [0.3, 0.4) is 0 Å². The number of hydrogen-bond donors (Lipinski definition) is 4. The quantitative estimate of drug-likeness (QED) is 0.369. The van der Waals surface area contributed by atoms with Crippen molar-refractivity contribution < 1.29 is 19.2 Å². The standard InChI is InChI=1S/C25H32N4O4/c1-18(28-24(32)20-12-6-3-7-13-20)22(30)26-16-10-5-11-17-27-23(31)19(2)29-25(33)21-14-8-4-9-15-21/h3-4,6-9,12-15,18-19H,5,10-11,16-17H2,1-2H3,(H,26,30)(H,27,31)(H,28,32)(H,29,33)/t18-,19-/m0/s1. The first kappa shape index (κ1) is 25.6. The Kier molecular flexibility index (Phi) is 10.6. The minimum atomic E-state index is -0.635. The first-order valence-electron chi connectivity index (χ1n) is 11.2.